The lowest BCUT2D eigenvalue weighted by atomic mass is 9.90. The minimum atomic E-state index is -2.32. The van der Waals surface area contributed by atoms with Crippen molar-refractivity contribution in [2.24, 2.45) is 0 Å². The molecule has 2 heterocycles. The van der Waals surface area contributed by atoms with E-state index >= 15 is 0 Å². The van der Waals surface area contributed by atoms with Crippen molar-refractivity contribution in [2.45, 2.75) is 76.0 Å². The SMILES string of the molecule is CCOc1c(OC)cccc1C1CCNC1.FC1(F)CCCCC1.O=CN1CCC(c2ccccc2)CC1. The molecule has 1 saturated carbocycles. The van der Waals surface area contributed by atoms with E-state index in [9.17, 15) is 13.6 Å². The van der Waals surface area contributed by atoms with Crippen LogP contribution in [0, 0.1) is 0 Å². The number of hydrogen-bond acceptors (Lipinski definition) is 4. The molecule has 1 aliphatic carbocycles. The first-order valence-electron chi connectivity index (χ1n) is 14.1. The Balaban J connectivity index is 0.000000166. The predicted octanol–water partition coefficient (Wildman–Crippen LogP) is 6.78. The summed E-state index contributed by atoms with van der Waals surface area (Å²) < 4.78 is 35.5. The summed E-state index contributed by atoms with van der Waals surface area (Å²) in [5.74, 6) is 0.634. The van der Waals surface area contributed by atoms with Crippen LogP contribution in [-0.2, 0) is 4.79 Å². The topological polar surface area (TPSA) is 50.8 Å². The van der Waals surface area contributed by atoms with E-state index in [1.807, 2.05) is 30.0 Å². The number of methoxy groups -OCH3 is 1. The van der Waals surface area contributed by atoms with Crippen molar-refractivity contribution in [3.8, 4) is 11.5 Å². The molecule has 1 unspecified atom stereocenters. The van der Waals surface area contributed by atoms with Crippen molar-refractivity contribution >= 4 is 6.41 Å². The fourth-order valence-corrected chi connectivity index (χ4v) is 5.37. The number of halogens is 2. The Hall–Kier alpha value is -2.67. The molecule has 3 aliphatic rings. The third-order valence-electron chi connectivity index (χ3n) is 7.55. The van der Waals surface area contributed by atoms with Crippen LogP contribution in [0.5, 0.6) is 11.5 Å². The Morgan fingerprint density at radius 2 is 1.68 bits per heavy atom. The minimum absolute atomic E-state index is 0.118. The van der Waals surface area contributed by atoms with Gasteiger partial charge in [0.25, 0.3) is 0 Å². The first-order chi connectivity index (χ1) is 18.5. The number of benzene rings is 2. The van der Waals surface area contributed by atoms with Crippen LogP contribution in [0.2, 0.25) is 0 Å². The van der Waals surface area contributed by atoms with Gasteiger partial charge in [-0.25, -0.2) is 8.78 Å². The van der Waals surface area contributed by atoms with E-state index in [-0.39, 0.29) is 12.8 Å². The zero-order chi connectivity index (χ0) is 27.2. The number of alkyl halides is 2. The summed E-state index contributed by atoms with van der Waals surface area (Å²) in [4.78, 5) is 12.4. The largest absolute Gasteiger partial charge is 0.493 e. The third kappa shape index (κ3) is 9.26. The molecule has 1 atom stereocenters. The molecule has 38 heavy (non-hydrogen) atoms. The lowest BCUT2D eigenvalue weighted by Crippen LogP contribution is -2.31. The average Bonchev–Trinajstić information content (AvgIpc) is 3.49. The van der Waals surface area contributed by atoms with Crippen molar-refractivity contribution < 1.29 is 23.0 Å². The number of nitrogens with one attached hydrogen (secondary N) is 1. The van der Waals surface area contributed by atoms with Gasteiger partial charge in [0, 0.05) is 44.0 Å². The van der Waals surface area contributed by atoms with Gasteiger partial charge in [0.1, 0.15) is 0 Å². The zero-order valence-electron chi connectivity index (χ0n) is 23.0. The van der Waals surface area contributed by atoms with Crippen LogP contribution in [0.4, 0.5) is 8.78 Å². The van der Waals surface area contributed by atoms with Gasteiger partial charge in [0.15, 0.2) is 11.5 Å². The molecule has 2 aliphatic heterocycles. The van der Waals surface area contributed by atoms with Gasteiger partial charge in [-0.3, -0.25) is 4.79 Å². The fourth-order valence-electron chi connectivity index (χ4n) is 5.37. The highest BCUT2D eigenvalue weighted by Gasteiger charge is 2.30. The summed E-state index contributed by atoms with van der Waals surface area (Å²) >= 11 is 0. The molecule has 210 valence electrons. The molecule has 7 heteroatoms. The van der Waals surface area contributed by atoms with E-state index in [0.717, 1.165) is 63.4 Å². The number of carbonyl (C=O) groups is 1. The minimum Gasteiger partial charge on any atom is -0.493 e. The highest BCUT2D eigenvalue weighted by molar-refractivity contribution is 5.49. The van der Waals surface area contributed by atoms with E-state index in [1.54, 1.807) is 7.11 Å². The quantitative estimate of drug-likeness (QED) is 0.419. The van der Waals surface area contributed by atoms with E-state index in [4.69, 9.17) is 9.47 Å². The molecular formula is C31H44F2N2O3. The van der Waals surface area contributed by atoms with Gasteiger partial charge in [-0.1, -0.05) is 48.9 Å². The molecule has 1 N–H and O–H groups in total. The molecule has 3 fully saturated rings. The van der Waals surface area contributed by atoms with Gasteiger partial charge in [-0.15, -0.1) is 0 Å². The van der Waals surface area contributed by atoms with Crippen LogP contribution >= 0.6 is 0 Å². The summed E-state index contributed by atoms with van der Waals surface area (Å²) in [5.41, 5.74) is 2.68. The Kier molecular flexibility index (Phi) is 12.3. The van der Waals surface area contributed by atoms with Crippen LogP contribution in [0.1, 0.15) is 81.3 Å². The molecule has 2 saturated heterocycles. The van der Waals surface area contributed by atoms with Crippen LogP contribution in [0.25, 0.3) is 0 Å². The maximum absolute atomic E-state index is 12.2. The Bertz CT molecular complexity index is 935. The van der Waals surface area contributed by atoms with Crippen molar-refractivity contribution in [2.75, 3.05) is 39.9 Å². The molecule has 0 aromatic heterocycles. The van der Waals surface area contributed by atoms with Crippen LogP contribution < -0.4 is 14.8 Å². The average molecular weight is 531 g/mol. The maximum atomic E-state index is 12.2. The summed E-state index contributed by atoms with van der Waals surface area (Å²) in [6.07, 6.45) is 7.00. The second-order valence-electron chi connectivity index (χ2n) is 10.2. The lowest BCUT2D eigenvalue weighted by molar-refractivity contribution is -0.119. The van der Waals surface area contributed by atoms with Crippen molar-refractivity contribution in [1.29, 1.82) is 0 Å². The van der Waals surface area contributed by atoms with Crippen molar-refractivity contribution in [1.82, 2.24) is 10.2 Å². The molecule has 2 aromatic carbocycles. The van der Waals surface area contributed by atoms with Gasteiger partial charge in [0.05, 0.1) is 13.7 Å². The summed E-state index contributed by atoms with van der Waals surface area (Å²) in [6, 6.07) is 16.7. The van der Waals surface area contributed by atoms with Crippen molar-refractivity contribution in [3.05, 3.63) is 59.7 Å². The highest BCUT2D eigenvalue weighted by Crippen LogP contribution is 2.38. The van der Waals surface area contributed by atoms with Gasteiger partial charge < -0.3 is 19.7 Å². The number of carbonyl (C=O) groups excluding carboxylic acids is 1. The molecule has 0 radical (unpaired) electrons. The first kappa shape index (κ1) is 29.9. The third-order valence-corrected chi connectivity index (χ3v) is 7.55. The molecule has 2 aromatic rings. The molecule has 0 spiro atoms. The lowest BCUT2D eigenvalue weighted by Gasteiger charge is -2.29. The summed E-state index contributed by atoms with van der Waals surface area (Å²) in [5, 5.41) is 3.38. The molecular weight excluding hydrogens is 486 g/mol. The van der Waals surface area contributed by atoms with Crippen molar-refractivity contribution in [3.63, 3.8) is 0 Å². The number of hydrogen-bond donors (Lipinski definition) is 1. The maximum Gasteiger partial charge on any atom is 0.248 e. The number of piperidine rings is 1. The second-order valence-corrected chi connectivity index (χ2v) is 10.2. The molecule has 1 amide bonds. The Morgan fingerprint density at radius 1 is 0.974 bits per heavy atom. The number of ether oxygens (including phenoxy) is 2. The van der Waals surface area contributed by atoms with Crippen LogP contribution in [-0.4, -0.2) is 57.1 Å². The summed E-state index contributed by atoms with van der Waals surface area (Å²) in [7, 11) is 1.69. The molecule has 5 nitrogen and oxygen atoms in total. The number of amides is 1. The zero-order valence-corrected chi connectivity index (χ0v) is 23.0. The van der Waals surface area contributed by atoms with Crippen LogP contribution in [0.15, 0.2) is 48.5 Å². The highest BCUT2D eigenvalue weighted by atomic mass is 19.3. The Morgan fingerprint density at radius 3 is 2.21 bits per heavy atom. The normalized spacial score (nSPS) is 20.8. The Labute approximate surface area is 226 Å². The smallest absolute Gasteiger partial charge is 0.248 e. The van der Waals surface area contributed by atoms with Gasteiger partial charge in [0.2, 0.25) is 12.3 Å². The van der Waals surface area contributed by atoms with E-state index in [0.29, 0.717) is 31.3 Å². The van der Waals surface area contributed by atoms with Crippen LogP contribution in [0.3, 0.4) is 0 Å². The monoisotopic (exact) mass is 530 g/mol. The first-order valence-corrected chi connectivity index (χ1v) is 14.1. The second kappa shape index (κ2) is 15.7. The predicted molar refractivity (Wildman–Crippen MR) is 148 cm³/mol. The van der Waals surface area contributed by atoms with Gasteiger partial charge in [-0.05, 0) is 63.1 Å². The van der Waals surface area contributed by atoms with Gasteiger partial charge in [-0.2, -0.15) is 0 Å². The number of rotatable bonds is 6. The van der Waals surface area contributed by atoms with E-state index in [2.05, 4.69) is 35.6 Å². The number of likely N-dealkylation sites (tertiary alicyclic amines) is 1. The van der Waals surface area contributed by atoms with E-state index in [1.165, 1.54) is 17.5 Å². The number of para-hydroxylation sites is 1. The molecule has 0 bridgehead atoms. The molecule has 5 rings (SSSR count). The standard InChI is InChI=1S/C13H19NO2.C12H15NO.C6H10F2/c1-3-16-13-11(10-7-8-14-9-10)5-4-6-12(13)15-2;14-10-13-8-6-12(7-9-13)11-4-2-1-3-5-11;7-6(8)4-2-1-3-5-6/h4-6,10,14H,3,7-9H2,1-2H3;1-5,10,12H,6-9H2;1-5H2. The fraction of sp³-hybridized carbons (Fsp3) is 0.581. The van der Waals surface area contributed by atoms with E-state index < -0.39 is 5.92 Å². The van der Waals surface area contributed by atoms with Gasteiger partial charge >= 0.3 is 0 Å². The number of nitrogens with zero attached hydrogens (tertiary/aromatic N) is 1. The summed E-state index contributed by atoms with van der Waals surface area (Å²) in [6.45, 7) is 6.61.